The molecule has 0 heterocycles. The summed E-state index contributed by atoms with van der Waals surface area (Å²) in [5, 5.41) is 0. The van der Waals surface area contributed by atoms with Gasteiger partial charge in [-0.3, -0.25) is 4.79 Å². The first-order valence-electron chi connectivity index (χ1n) is 7.09. The molecule has 0 spiro atoms. The minimum Gasteiger partial charge on any atom is -0.486 e. The van der Waals surface area contributed by atoms with Crippen molar-refractivity contribution in [2.24, 2.45) is 0 Å². The molecule has 1 aromatic carbocycles. The number of carbonyl (C=O) groups excluding carboxylic acids is 1. The number of methoxy groups -OCH3 is 2. The van der Waals surface area contributed by atoms with Gasteiger partial charge in [0.15, 0.2) is 5.78 Å². The van der Waals surface area contributed by atoms with E-state index in [0.717, 1.165) is 5.56 Å². The van der Waals surface area contributed by atoms with E-state index in [2.05, 4.69) is 20.8 Å². The zero-order valence-corrected chi connectivity index (χ0v) is 13.9. The molecule has 0 aliphatic heterocycles. The average molecular weight is 294 g/mol. The second kappa shape index (κ2) is 7.57. The lowest BCUT2D eigenvalue weighted by Crippen LogP contribution is -2.27. The molecular weight excluding hydrogens is 268 g/mol. The van der Waals surface area contributed by atoms with Gasteiger partial charge < -0.3 is 14.2 Å². The molecule has 0 fully saturated rings. The van der Waals surface area contributed by atoms with Crippen molar-refractivity contribution in [2.75, 3.05) is 27.4 Å². The third-order valence-corrected chi connectivity index (χ3v) is 3.19. The molecule has 0 saturated carbocycles. The fourth-order valence-electron chi connectivity index (χ4n) is 1.98. The highest BCUT2D eigenvalue weighted by Gasteiger charge is 2.18. The van der Waals surface area contributed by atoms with Crippen molar-refractivity contribution in [3.63, 3.8) is 0 Å². The SMILES string of the molecule is COCC(COC)Oc1cc(C(C)=O)cc(C(C)(C)C)c1. The van der Waals surface area contributed by atoms with Gasteiger partial charge in [0.25, 0.3) is 0 Å². The Kier molecular flexibility index (Phi) is 6.37. The normalized spacial score (nSPS) is 11.8. The summed E-state index contributed by atoms with van der Waals surface area (Å²) in [4.78, 5) is 11.7. The first-order valence-corrected chi connectivity index (χ1v) is 7.09. The van der Waals surface area contributed by atoms with Gasteiger partial charge in [0.1, 0.15) is 11.9 Å². The van der Waals surface area contributed by atoms with Gasteiger partial charge in [0, 0.05) is 19.8 Å². The van der Waals surface area contributed by atoms with Crippen LogP contribution in [0.2, 0.25) is 0 Å². The van der Waals surface area contributed by atoms with Gasteiger partial charge in [-0.15, -0.1) is 0 Å². The second-order valence-electron chi connectivity index (χ2n) is 6.20. The molecule has 0 aliphatic carbocycles. The van der Waals surface area contributed by atoms with Crippen molar-refractivity contribution in [1.82, 2.24) is 0 Å². The van der Waals surface area contributed by atoms with E-state index in [1.165, 1.54) is 0 Å². The van der Waals surface area contributed by atoms with Crippen LogP contribution in [0.15, 0.2) is 18.2 Å². The molecule has 4 nitrogen and oxygen atoms in total. The summed E-state index contributed by atoms with van der Waals surface area (Å²) in [7, 11) is 3.25. The van der Waals surface area contributed by atoms with E-state index in [4.69, 9.17) is 14.2 Å². The highest BCUT2D eigenvalue weighted by atomic mass is 16.6. The maximum atomic E-state index is 11.7. The van der Waals surface area contributed by atoms with Crippen LogP contribution in [-0.4, -0.2) is 39.3 Å². The van der Waals surface area contributed by atoms with E-state index >= 15 is 0 Å². The zero-order valence-electron chi connectivity index (χ0n) is 13.9. The van der Waals surface area contributed by atoms with Gasteiger partial charge in [0.2, 0.25) is 0 Å². The molecule has 0 saturated heterocycles. The largest absolute Gasteiger partial charge is 0.486 e. The van der Waals surface area contributed by atoms with Crippen LogP contribution in [-0.2, 0) is 14.9 Å². The Morgan fingerprint density at radius 2 is 1.67 bits per heavy atom. The standard InChI is InChI=1S/C17H26O4/c1-12(18)13-7-14(17(2,3)4)9-15(8-13)21-16(10-19-5)11-20-6/h7-9,16H,10-11H2,1-6H3. The van der Waals surface area contributed by atoms with Crippen LogP contribution in [0.25, 0.3) is 0 Å². The van der Waals surface area contributed by atoms with Crippen molar-refractivity contribution in [3.8, 4) is 5.75 Å². The molecular formula is C17H26O4. The first kappa shape index (κ1) is 17.7. The molecule has 1 aromatic rings. The average Bonchev–Trinajstić information content (AvgIpc) is 2.38. The maximum Gasteiger partial charge on any atom is 0.159 e. The zero-order chi connectivity index (χ0) is 16.0. The Morgan fingerprint density at radius 1 is 1.10 bits per heavy atom. The van der Waals surface area contributed by atoms with Crippen molar-refractivity contribution in [3.05, 3.63) is 29.3 Å². The third-order valence-electron chi connectivity index (χ3n) is 3.19. The fourth-order valence-corrected chi connectivity index (χ4v) is 1.98. The molecule has 21 heavy (non-hydrogen) atoms. The molecule has 4 heteroatoms. The predicted octanol–water partition coefficient (Wildman–Crippen LogP) is 3.23. The monoisotopic (exact) mass is 294 g/mol. The van der Waals surface area contributed by atoms with Crippen LogP contribution in [0.3, 0.4) is 0 Å². The molecule has 0 bridgehead atoms. The number of hydrogen-bond acceptors (Lipinski definition) is 4. The molecule has 0 atom stereocenters. The van der Waals surface area contributed by atoms with Crippen molar-refractivity contribution in [1.29, 1.82) is 0 Å². The van der Waals surface area contributed by atoms with E-state index in [1.54, 1.807) is 27.2 Å². The van der Waals surface area contributed by atoms with Crippen molar-refractivity contribution < 1.29 is 19.0 Å². The van der Waals surface area contributed by atoms with E-state index in [-0.39, 0.29) is 17.3 Å². The van der Waals surface area contributed by atoms with Crippen LogP contribution in [0.1, 0.15) is 43.6 Å². The number of benzene rings is 1. The van der Waals surface area contributed by atoms with Crippen LogP contribution in [0.5, 0.6) is 5.75 Å². The topological polar surface area (TPSA) is 44.8 Å². The van der Waals surface area contributed by atoms with Crippen LogP contribution >= 0.6 is 0 Å². The maximum absolute atomic E-state index is 11.7. The highest BCUT2D eigenvalue weighted by molar-refractivity contribution is 5.94. The molecule has 0 radical (unpaired) electrons. The van der Waals surface area contributed by atoms with Crippen molar-refractivity contribution in [2.45, 2.75) is 39.2 Å². The molecule has 0 aromatic heterocycles. The Morgan fingerprint density at radius 3 is 2.10 bits per heavy atom. The summed E-state index contributed by atoms with van der Waals surface area (Å²) in [5.41, 5.74) is 1.67. The van der Waals surface area contributed by atoms with Crippen LogP contribution in [0.4, 0.5) is 0 Å². The number of rotatable bonds is 7. The van der Waals surface area contributed by atoms with Crippen LogP contribution in [0, 0.1) is 0 Å². The Labute approximate surface area is 127 Å². The minimum absolute atomic E-state index is 0.0287. The second-order valence-corrected chi connectivity index (χ2v) is 6.20. The number of carbonyl (C=O) groups is 1. The summed E-state index contributed by atoms with van der Waals surface area (Å²) in [6.07, 6.45) is -0.199. The Balaban J connectivity index is 3.10. The van der Waals surface area contributed by atoms with Gasteiger partial charge in [0.05, 0.1) is 13.2 Å². The summed E-state index contributed by atoms with van der Waals surface area (Å²) in [6.45, 7) is 8.76. The van der Waals surface area contributed by atoms with E-state index in [9.17, 15) is 4.79 Å². The van der Waals surface area contributed by atoms with Gasteiger partial charge >= 0.3 is 0 Å². The molecule has 1 rings (SSSR count). The van der Waals surface area contributed by atoms with Gasteiger partial charge in [-0.25, -0.2) is 0 Å². The van der Waals surface area contributed by atoms with Gasteiger partial charge in [-0.05, 0) is 36.1 Å². The summed E-state index contributed by atoms with van der Waals surface area (Å²) in [5.74, 6) is 0.702. The number of hydrogen-bond donors (Lipinski definition) is 0. The molecule has 0 N–H and O–H groups in total. The first-order chi connectivity index (χ1) is 9.77. The van der Waals surface area contributed by atoms with Gasteiger partial charge in [-0.1, -0.05) is 20.8 Å². The number of ether oxygens (including phenoxy) is 3. The van der Waals surface area contributed by atoms with E-state index in [1.807, 2.05) is 12.1 Å². The lowest BCUT2D eigenvalue weighted by molar-refractivity contribution is 0.0244. The van der Waals surface area contributed by atoms with Gasteiger partial charge in [-0.2, -0.15) is 0 Å². The minimum atomic E-state index is -0.199. The Bertz CT molecular complexity index is 468. The fraction of sp³-hybridized carbons (Fsp3) is 0.588. The summed E-state index contributed by atoms with van der Waals surface area (Å²) >= 11 is 0. The molecule has 0 amide bonds. The number of ketones is 1. The lowest BCUT2D eigenvalue weighted by Gasteiger charge is -2.23. The lowest BCUT2D eigenvalue weighted by atomic mass is 9.85. The quantitative estimate of drug-likeness (QED) is 0.724. The molecule has 118 valence electrons. The van der Waals surface area contributed by atoms with Crippen molar-refractivity contribution >= 4 is 5.78 Å². The smallest absolute Gasteiger partial charge is 0.159 e. The van der Waals surface area contributed by atoms with Crippen LogP contribution < -0.4 is 4.74 Å². The summed E-state index contributed by atoms with van der Waals surface area (Å²) < 4.78 is 16.2. The summed E-state index contributed by atoms with van der Waals surface area (Å²) in [6, 6.07) is 5.68. The Hall–Kier alpha value is -1.39. The number of Topliss-reactive ketones (excluding diaryl/α,β-unsaturated/α-hetero) is 1. The third kappa shape index (κ3) is 5.48. The van der Waals surface area contributed by atoms with E-state index in [0.29, 0.717) is 24.5 Å². The molecule has 0 unspecified atom stereocenters. The highest BCUT2D eigenvalue weighted by Crippen LogP contribution is 2.28. The predicted molar refractivity (Wildman–Crippen MR) is 83.3 cm³/mol. The molecule has 0 aliphatic rings. The van der Waals surface area contributed by atoms with E-state index < -0.39 is 0 Å².